The first kappa shape index (κ1) is 22.0. The van der Waals surface area contributed by atoms with Crippen LogP contribution in [0.4, 0.5) is 19.1 Å². The molecule has 1 aliphatic heterocycles. The number of nitrogens with one attached hydrogen (secondary N) is 1. The van der Waals surface area contributed by atoms with Crippen LogP contribution in [-0.4, -0.2) is 31.8 Å². The van der Waals surface area contributed by atoms with Crippen LogP contribution in [0.1, 0.15) is 16.8 Å². The highest BCUT2D eigenvalue weighted by Gasteiger charge is 2.31. The highest BCUT2D eigenvalue weighted by Crippen LogP contribution is 2.32. The Morgan fingerprint density at radius 3 is 2.68 bits per heavy atom. The van der Waals surface area contributed by atoms with Crippen molar-refractivity contribution in [2.24, 2.45) is 0 Å². The Bertz CT molecular complexity index is 1470. The first-order valence-electron chi connectivity index (χ1n) is 10.4. The quantitative estimate of drug-likeness (QED) is 0.345. The number of alkyl halides is 3. The summed E-state index contributed by atoms with van der Waals surface area (Å²) in [4.78, 5) is 27.5. The lowest BCUT2D eigenvalue weighted by Gasteiger charge is -2.28. The molecule has 2 aromatic carbocycles. The molecule has 0 radical (unpaired) electrons. The fourth-order valence-electron chi connectivity index (χ4n) is 3.96. The Labute approximate surface area is 195 Å². The van der Waals surface area contributed by atoms with E-state index in [0.29, 0.717) is 46.5 Å². The standard InChI is InChI=1S/C23H17F3N6OS/c24-23(25,26)14-6-7-18-19(12-14)29-21(28-18)31-10-8-17-16(13-31)20(33)32(15-4-2-1-3-5-15)22(30-17)34-11-9-27/h1-7,12H,8,10-11,13H2,(H,28,29). The molecule has 34 heavy (non-hydrogen) atoms. The lowest BCUT2D eigenvalue weighted by molar-refractivity contribution is -0.137. The van der Waals surface area contributed by atoms with Gasteiger partial charge in [-0.3, -0.25) is 9.36 Å². The van der Waals surface area contributed by atoms with Crippen molar-refractivity contribution < 1.29 is 13.2 Å². The maximum Gasteiger partial charge on any atom is 0.416 e. The minimum absolute atomic E-state index is 0.156. The van der Waals surface area contributed by atoms with Crippen LogP contribution in [0, 0.1) is 11.3 Å². The molecule has 1 aliphatic rings. The van der Waals surface area contributed by atoms with Crippen molar-refractivity contribution >= 4 is 28.7 Å². The molecule has 0 saturated heterocycles. The van der Waals surface area contributed by atoms with Gasteiger partial charge in [-0.05, 0) is 30.3 Å². The van der Waals surface area contributed by atoms with Crippen molar-refractivity contribution in [3.63, 3.8) is 0 Å². The van der Waals surface area contributed by atoms with Gasteiger partial charge in [-0.2, -0.15) is 18.4 Å². The number of aromatic nitrogens is 4. The Morgan fingerprint density at radius 2 is 1.94 bits per heavy atom. The molecule has 0 aliphatic carbocycles. The summed E-state index contributed by atoms with van der Waals surface area (Å²) in [5.74, 6) is 0.553. The molecular weight excluding hydrogens is 465 g/mol. The zero-order chi connectivity index (χ0) is 23.9. The van der Waals surface area contributed by atoms with Gasteiger partial charge < -0.3 is 9.88 Å². The summed E-state index contributed by atoms with van der Waals surface area (Å²) in [6.07, 6.45) is -3.98. The summed E-state index contributed by atoms with van der Waals surface area (Å²) in [5, 5.41) is 9.47. The van der Waals surface area contributed by atoms with Crippen molar-refractivity contribution in [2.75, 3.05) is 17.2 Å². The number of rotatable bonds is 4. The minimum atomic E-state index is -4.45. The van der Waals surface area contributed by atoms with E-state index in [1.807, 2.05) is 23.1 Å². The molecule has 0 amide bonds. The van der Waals surface area contributed by atoms with Gasteiger partial charge >= 0.3 is 6.18 Å². The van der Waals surface area contributed by atoms with Crippen LogP contribution in [0.2, 0.25) is 0 Å². The first-order valence-corrected chi connectivity index (χ1v) is 11.4. The number of fused-ring (bicyclic) bond motifs is 2. The second kappa shape index (κ2) is 8.53. The summed E-state index contributed by atoms with van der Waals surface area (Å²) >= 11 is 1.20. The van der Waals surface area contributed by atoms with Gasteiger partial charge in [0.2, 0.25) is 5.95 Å². The third-order valence-corrected chi connectivity index (χ3v) is 6.38. The molecular formula is C23H17F3N6OS. The van der Waals surface area contributed by atoms with E-state index in [9.17, 15) is 18.0 Å². The average molecular weight is 482 g/mol. The van der Waals surface area contributed by atoms with Crippen molar-refractivity contribution in [3.8, 4) is 11.8 Å². The zero-order valence-electron chi connectivity index (χ0n) is 17.6. The Balaban J connectivity index is 1.54. The maximum atomic E-state index is 13.5. The number of thioether (sulfide) groups is 1. The normalized spacial score (nSPS) is 13.6. The third-order valence-electron chi connectivity index (χ3n) is 5.58. The second-order valence-electron chi connectivity index (χ2n) is 7.70. The van der Waals surface area contributed by atoms with E-state index < -0.39 is 11.7 Å². The van der Waals surface area contributed by atoms with E-state index in [1.165, 1.54) is 22.4 Å². The topological polar surface area (TPSA) is 90.6 Å². The largest absolute Gasteiger partial charge is 0.416 e. The van der Waals surface area contributed by atoms with E-state index in [4.69, 9.17) is 5.26 Å². The third kappa shape index (κ3) is 4.01. The van der Waals surface area contributed by atoms with E-state index >= 15 is 0 Å². The van der Waals surface area contributed by atoms with Gasteiger partial charge in [-0.15, -0.1) is 0 Å². The Hall–Kier alpha value is -3.78. The number of hydrogen-bond acceptors (Lipinski definition) is 6. The molecule has 2 aromatic heterocycles. The fourth-order valence-corrected chi connectivity index (χ4v) is 4.64. The van der Waals surface area contributed by atoms with E-state index in [2.05, 4.69) is 21.0 Å². The number of anilines is 1. The monoisotopic (exact) mass is 482 g/mol. The van der Waals surface area contributed by atoms with Gasteiger partial charge in [0.1, 0.15) is 0 Å². The summed E-state index contributed by atoms with van der Waals surface area (Å²) in [6, 6.07) is 14.5. The Kier molecular flexibility index (Phi) is 5.53. The fraction of sp³-hybridized carbons (Fsp3) is 0.217. The first-order chi connectivity index (χ1) is 16.3. The number of nitriles is 1. The molecule has 0 spiro atoms. The average Bonchev–Trinajstić information content (AvgIpc) is 3.26. The van der Waals surface area contributed by atoms with Gasteiger partial charge in [0.15, 0.2) is 5.16 Å². The van der Waals surface area contributed by atoms with Crippen LogP contribution < -0.4 is 10.5 Å². The molecule has 0 atom stereocenters. The number of halogens is 3. The molecule has 0 saturated carbocycles. The van der Waals surface area contributed by atoms with Crippen molar-refractivity contribution in [3.05, 3.63) is 75.7 Å². The summed E-state index contributed by atoms with van der Waals surface area (Å²) in [6.45, 7) is 0.701. The van der Waals surface area contributed by atoms with Gasteiger partial charge in [0, 0.05) is 13.0 Å². The number of para-hydroxylation sites is 1. The van der Waals surface area contributed by atoms with Crippen molar-refractivity contribution in [2.45, 2.75) is 24.3 Å². The van der Waals surface area contributed by atoms with E-state index in [0.717, 1.165) is 12.1 Å². The molecule has 1 N–H and O–H groups in total. The summed E-state index contributed by atoms with van der Waals surface area (Å²) < 4.78 is 40.7. The Morgan fingerprint density at radius 1 is 1.15 bits per heavy atom. The highest BCUT2D eigenvalue weighted by molar-refractivity contribution is 7.99. The van der Waals surface area contributed by atoms with Crippen LogP contribution in [0.3, 0.4) is 0 Å². The van der Waals surface area contributed by atoms with Gasteiger partial charge in [-0.25, -0.2) is 9.97 Å². The molecule has 7 nitrogen and oxygen atoms in total. The molecule has 0 unspecified atom stereocenters. The van der Waals surface area contributed by atoms with E-state index in [-0.39, 0.29) is 23.4 Å². The van der Waals surface area contributed by atoms with Gasteiger partial charge in [0.25, 0.3) is 5.56 Å². The number of benzene rings is 2. The smallest absolute Gasteiger partial charge is 0.337 e. The van der Waals surface area contributed by atoms with E-state index in [1.54, 1.807) is 12.1 Å². The molecule has 172 valence electrons. The molecule has 11 heteroatoms. The number of H-pyrrole nitrogens is 1. The molecule has 3 heterocycles. The van der Waals surface area contributed by atoms with Crippen LogP contribution in [0.15, 0.2) is 58.5 Å². The molecule has 0 bridgehead atoms. The molecule has 4 aromatic rings. The van der Waals surface area contributed by atoms with Crippen LogP contribution >= 0.6 is 11.8 Å². The lowest BCUT2D eigenvalue weighted by atomic mass is 10.1. The second-order valence-corrected chi connectivity index (χ2v) is 8.65. The zero-order valence-corrected chi connectivity index (χ0v) is 18.5. The number of nitrogens with zero attached hydrogens (tertiary/aromatic N) is 5. The number of aromatic amines is 1. The summed E-state index contributed by atoms with van der Waals surface area (Å²) in [5.41, 5.74) is 1.49. The molecule has 0 fully saturated rings. The predicted octanol–water partition coefficient (Wildman–Crippen LogP) is 4.31. The molecule has 5 rings (SSSR count). The van der Waals surface area contributed by atoms with Crippen LogP contribution in [0.5, 0.6) is 0 Å². The number of imidazole rings is 1. The van der Waals surface area contributed by atoms with Gasteiger partial charge in [0.05, 0.1) is 51.9 Å². The highest BCUT2D eigenvalue weighted by atomic mass is 32.2. The SMILES string of the molecule is N#CCSc1nc2c(c(=O)n1-c1ccccc1)CN(c1nc3ccc(C(F)(F)F)cc3[nH]1)CC2. The van der Waals surface area contributed by atoms with Crippen LogP contribution in [0.25, 0.3) is 16.7 Å². The lowest BCUT2D eigenvalue weighted by Crippen LogP contribution is -2.38. The predicted molar refractivity (Wildman–Crippen MR) is 122 cm³/mol. The van der Waals surface area contributed by atoms with Crippen LogP contribution in [-0.2, 0) is 19.1 Å². The maximum absolute atomic E-state index is 13.5. The van der Waals surface area contributed by atoms with Gasteiger partial charge in [-0.1, -0.05) is 30.0 Å². The van der Waals surface area contributed by atoms with Crippen molar-refractivity contribution in [1.82, 2.24) is 19.5 Å². The van der Waals surface area contributed by atoms with Crippen molar-refractivity contribution in [1.29, 1.82) is 5.26 Å². The summed E-state index contributed by atoms with van der Waals surface area (Å²) in [7, 11) is 0. The number of hydrogen-bond donors (Lipinski definition) is 1. The minimum Gasteiger partial charge on any atom is -0.337 e.